The van der Waals surface area contributed by atoms with Crippen LogP contribution in [-0.2, 0) is 11.2 Å². The number of fused-ring (bicyclic) bond motifs is 1. The van der Waals surface area contributed by atoms with E-state index in [0.717, 1.165) is 17.3 Å². The Morgan fingerprint density at radius 2 is 2.03 bits per heavy atom. The lowest BCUT2D eigenvalue weighted by atomic mass is 10.2. The predicted molar refractivity (Wildman–Crippen MR) is 134 cm³/mol. The molecule has 1 N–H and O–H groups in total. The first kappa shape index (κ1) is 24.9. The number of halogens is 2. The molecule has 33 heavy (non-hydrogen) atoms. The largest absolute Gasteiger partial charge is 0.493 e. The smallest absolute Gasteiger partial charge is 0.344 e. The summed E-state index contributed by atoms with van der Waals surface area (Å²) >= 11 is 6.81. The van der Waals surface area contributed by atoms with Crippen molar-refractivity contribution in [1.29, 1.82) is 0 Å². The average molecular weight is 581 g/mol. The summed E-state index contributed by atoms with van der Waals surface area (Å²) in [6, 6.07) is 8.72. The van der Waals surface area contributed by atoms with E-state index in [-0.39, 0.29) is 11.3 Å². The zero-order chi connectivity index (χ0) is 24.1. The van der Waals surface area contributed by atoms with Crippen molar-refractivity contribution in [2.75, 3.05) is 7.11 Å². The molecular weight excluding hydrogens is 558 g/mol. The number of hydrogen-bond donors (Lipinski definition) is 1. The molecule has 3 aromatic rings. The van der Waals surface area contributed by atoms with Crippen LogP contribution in [-0.4, -0.2) is 40.2 Å². The Balaban J connectivity index is 2.16. The molecule has 0 amide bonds. The molecule has 10 heteroatoms. The van der Waals surface area contributed by atoms with Crippen molar-refractivity contribution in [2.24, 2.45) is 5.10 Å². The predicted octanol–water partition coefficient (Wildman–Crippen LogP) is 5.01. The van der Waals surface area contributed by atoms with Gasteiger partial charge in [-0.05, 0) is 43.7 Å². The molecule has 0 spiro atoms. The number of carboxylic acids is 1. The van der Waals surface area contributed by atoms with E-state index in [2.05, 4.69) is 48.9 Å². The molecule has 0 fully saturated rings. The summed E-state index contributed by atoms with van der Waals surface area (Å²) < 4.78 is 13.7. The Bertz CT molecular complexity index is 1270. The van der Waals surface area contributed by atoms with Crippen molar-refractivity contribution >= 4 is 54.9 Å². The molecule has 0 aliphatic heterocycles. The third-order valence-corrected chi connectivity index (χ3v) is 5.80. The summed E-state index contributed by atoms with van der Waals surface area (Å²) in [5, 5.41) is 14.1. The summed E-state index contributed by atoms with van der Waals surface area (Å²) in [6.07, 6.45) is 2.69. The monoisotopic (exact) mass is 579 g/mol. The molecule has 1 aromatic heterocycles. The second-order valence-corrected chi connectivity index (χ2v) is 9.11. The van der Waals surface area contributed by atoms with E-state index in [4.69, 9.17) is 9.47 Å². The number of aromatic nitrogens is 2. The maximum atomic E-state index is 13.3. The lowest BCUT2D eigenvalue weighted by molar-refractivity contribution is -0.144. The summed E-state index contributed by atoms with van der Waals surface area (Å²) in [4.78, 5) is 29.3. The number of unbranched alkanes of at least 4 members (excludes halogenated alkanes) is 1. The van der Waals surface area contributed by atoms with Crippen LogP contribution in [0, 0.1) is 0 Å². The molecule has 0 aliphatic carbocycles. The van der Waals surface area contributed by atoms with Crippen molar-refractivity contribution in [3.05, 3.63) is 61.0 Å². The number of carbonyl (C=O) groups is 1. The molecule has 1 atom stereocenters. The van der Waals surface area contributed by atoms with Crippen LogP contribution in [0.2, 0.25) is 0 Å². The Labute approximate surface area is 207 Å². The van der Waals surface area contributed by atoms with Gasteiger partial charge < -0.3 is 14.6 Å². The van der Waals surface area contributed by atoms with Crippen LogP contribution >= 0.6 is 31.9 Å². The highest BCUT2D eigenvalue weighted by atomic mass is 79.9. The maximum Gasteiger partial charge on any atom is 0.344 e. The van der Waals surface area contributed by atoms with Crippen molar-refractivity contribution < 1.29 is 19.4 Å². The Morgan fingerprint density at radius 3 is 2.70 bits per heavy atom. The maximum absolute atomic E-state index is 13.3. The van der Waals surface area contributed by atoms with Gasteiger partial charge in [-0.25, -0.2) is 9.78 Å². The standard InChI is InChI=1S/C23H23Br2N3O5/c1-4-5-6-20-27-18-8-7-15(24)10-17(18)22(29)28(20)26-12-14-9-16(25)11-19(32-3)21(14)33-13(2)23(30)31/h7-13H,4-6H2,1-3H3,(H,30,31)/t13-/m0/s1. The topological polar surface area (TPSA) is 103 Å². The van der Waals surface area contributed by atoms with E-state index in [1.54, 1.807) is 24.3 Å². The summed E-state index contributed by atoms with van der Waals surface area (Å²) in [6.45, 7) is 3.48. The molecule has 1 heterocycles. The molecule has 3 rings (SSSR count). The van der Waals surface area contributed by atoms with Crippen molar-refractivity contribution in [3.63, 3.8) is 0 Å². The van der Waals surface area contributed by atoms with Gasteiger partial charge in [0.25, 0.3) is 5.56 Å². The molecule has 0 saturated heterocycles. The van der Waals surface area contributed by atoms with Crippen LogP contribution in [0.4, 0.5) is 0 Å². The highest BCUT2D eigenvalue weighted by molar-refractivity contribution is 9.10. The summed E-state index contributed by atoms with van der Waals surface area (Å²) in [5.74, 6) is -0.0430. The second kappa shape index (κ2) is 10.9. The third kappa shape index (κ3) is 5.80. The number of rotatable bonds is 9. The zero-order valence-electron chi connectivity index (χ0n) is 18.3. The van der Waals surface area contributed by atoms with Gasteiger partial charge in [0.2, 0.25) is 0 Å². The fraction of sp³-hybridized carbons (Fsp3) is 0.304. The van der Waals surface area contributed by atoms with Crippen LogP contribution in [0.25, 0.3) is 10.9 Å². The molecule has 174 valence electrons. The van der Waals surface area contributed by atoms with Gasteiger partial charge in [0.05, 0.1) is 24.2 Å². The molecular formula is C23H23Br2N3O5. The first-order valence-electron chi connectivity index (χ1n) is 10.3. The fourth-order valence-corrected chi connectivity index (χ4v) is 3.94. The van der Waals surface area contributed by atoms with Gasteiger partial charge in [-0.15, -0.1) is 0 Å². The lowest BCUT2D eigenvalue weighted by Crippen LogP contribution is -2.24. The lowest BCUT2D eigenvalue weighted by Gasteiger charge is -2.16. The van der Waals surface area contributed by atoms with Gasteiger partial charge in [0.1, 0.15) is 5.82 Å². The molecule has 0 bridgehead atoms. The number of nitrogens with zero attached hydrogens (tertiary/aromatic N) is 3. The van der Waals surface area contributed by atoms with E-state index in [1.807, 2.05) is 6.07 Å². The summed E-state index contributed by atoms with van der Waals surface area (Å²) in [5.41, 5.74) is 0.744. The molecule has 2 aromatic carbocycles. The Morgan fingerprint density at radius 1 is 1.27 bits per heavy atom. The van der Waals surface area contributed by atoms with Gasteiger partial charge in [-0.3, -0.25) is 4.79 Å². The van der Waals surface area contributed by atoms with Gasteiger partial charge in [0.15, 0.2) is 17.6 Å². The van der Waals surface area contributed by atoms with E-state index in [0.29, 0.717) is 38.9 Å². The minimum atomic E-state index is -1.12. The van der Waals surface area contributed by atoms with Crippen LogP contribution in [0.15, 0.2) is 49.2 Å². The molecule has 0 unspecified atom stereocenters. The molecule has 8 nitrogen and oxygen atoms in total. The average Bonchev–Trinajstić information content (AvgIpc) is 2.78. The van der Waals surface area contributed by atoms with Crippen molar-refractivity contribution in [1.82, 2.24) is 9.66 Å². The summed E-state index contributed by atoms with van der Waals surface area (Å²) in [7, 11) is 1.46. The number of aryl methyl sites for hydroxylation is 1. The van der Waals surface area contributed by atoms with E-state index < -0.39 is 12.1 Å². The van der Waals surface area contributed by atoms with E-state index in [9.17, 15) is 14.7 Å². The van der Waals surface area contributed by atoms with Gasteiger partial charge >= 0.3 is 5.97 Å². The number of benzene rings is 2. The van der Waals surface area contributed by atoms with E-state index >= 15 is 0 Å². The van der Waals surface area contributed by atoms with Crippen LogP contribution < -0.4 is 15.0 Å². The van der Waals surface area contributed by atoms with Gasteiger partial charge in [-0.2, -0.15) is 9.78 Å². The molecule has 0 aliphatic rings. The normalized spacial score (nSPS) is 12.3. The number of carboxylic acid groups (broad SMARTS) is 1. The molecule has 0 radical (unpaired) electrons. The second-order valence-electron chi connectivity index (χ2n) is 7.28. The Hall–Kier alpha value is -2.72. The number of aliphatic carboxylic acids is 1. The van der Waals surface area contributed by atoms with Crippen molar-refractivity contribution in [3.8, 4) is 11.5 Å². The van der Waals surface area contributed by atoms with E-state index in [1.165, 1.54) is 24.9 Å². The van der Waals surface area contributed by atoms with Crippen LogP contribution in [0.3, 0.4) is 0 Å². The van der Waals surface area contributed by atoms with Crippen LogP contribution in [0.5, 0.6) is 11.5 Å². The molecule has 0 saturated carbocycles. The number of hydrogen-bond acceptors (Lipinski definition) is 6. The SMILES string of the molecule is CCCCc1nc2ccc(Br)cc2c(=O)n1N=Cc1cc(Br)cc(OC)c1O[C@@H](C)C(=O)O. The van der Waals surface area contributed by atoms with Gasteiger partial charge in [0, 0.05) is 20.9 Å². The first-order chi connectivity index (χ1) is 15.7. The van der Waals surface area contributed by atoms with Gasteiger partial charge in [-0.1, -0.05) is 45.2 Å². The highest BCUT2D eigenvalue weighted by Crippen LogP contribution is 2.35. The minimum absolute atomic E-state index is 0.207. The number of methoxy groups -OCH3 is 1. The number of ether oxygens (including phenoxy) is 2. The third-order valence-electron chi connectivity index (χ3n) is 4.85. The minimum Gasteiger partial charge on any atom is -0.493 e. The van der Waals surface area contributed by atoms with Crippen LogP contribution in [0.1, 0.15) is 38.1 Å². The Kier molecular flexibility index (Phi) is 8.25. The first-order valence-corrected chi connectivity index (χ1v) is 11.9. The van der Waals surface area contributed by atoms with Crippen molar-refractivity contribution in [2.45, 2.75) is 39.2 Å². The highest BCUT2D eigenvalue weighted by Gasteiger charge is 2.19. The zero-order valence-corrected chi connectivity index (χ0v) is 21.5. The quantitative estimate of drug-likeness (QED) is 0.357. The fourth-order valence-electron chi connectivity index (χ4n) is 3.12.